The predicted molar refractivity (Wildman–Crippen MR) is 223 cm³/mol. The summed E-state index contributed by atoms with van der Waals surface area (Å²) in [7, 11) is 2.07. The zero-order chi connectivity index (χ0) is 39.3. The summed E-state index contributed by atoms with van der Waals surface area (Å²) in [5, 5.41) is 6.00. The smallest absolute Gasteiger partial charge is 0.242 e. The van der Waals surface area contributed by atoms with Gasteiger partial charge in [0.2, 0.25) is 24.6 Å². The number of thioether (sulfide) groups is 1. The molecule has 2 rings (SSSR count). The molecule has 0 aromatic carbocycles. The van der Waals surface area contributed by atoms with Crippen molar-refractivity contribution in [3.05, 3.63) is 24.6 Å². The minimum Gasteiger partial charge on any atom is -0.359 e. The summed E-state index contributed by atoms with van der Waals surface area (Å²) in [6, 6.07) is 0.253. The van der Waals surface area contributed by atoms with Crippen LogP contribution in [0, 0.1) is 11.8 Å². The van der Waals surface area contributed by atoms with Crippen molar-refractivity contribution in [2.45, 2.75) is 177 Å². The lowest BCUT2D eigenvalue weighted by Gasteiger charge is -2.19. The molecule has 2 fully saturated rings. The summed E-state index contributed by atoms with van der Waals surface area (Å²) in [4.78, 5) is 43.7. The Morgan fingerprint density at radius 3 is 1.72 bits per heavy atom. The van der Waals surface area contributed by atoms with Gasteiger partial charge in [-0.1, -0.05) is 153 Å². The van der Waals surface area contributed by atoms with E-state index in [0.29, 0.717) is 24.0 Å². The minimum absolute atomic E-state index is 0.171. The Labute approximate surface area is 319 Å². The van der Waals surface area contributed by atoms with Gasteiger partial charge >= 0.3 is 0 Å². The third-order valence-corrected chi connectivity index (χ3v) is 9.61. The van der Waals surface area contributed by atoms with Crippen molar-refractivity contribution < 1.29 is 19.2 Å². The monoisotopic (exact) mass is 745 g/mol. The van der Waals surface area contributed by atoms with E-state index in [0.717, 1.165) is 42.9 Å². The summed E-state index contributed by atoms with van der Waals surface area (Å²) in [5.41, 5.74) is 2.45. The second-order valence-electron chi connectivity index (χ2n) is 12.9. The molecule has 0 bridgehead atoms. The molecule has 0 aliphatic carbocycles. The number of hydrogen-bond acceptors (Lipinski definition) is 7. The number of amides is 4. The van der Waals surface area contributed by atoms with Crippen molar-refractivity contribution in [1.29, 1.82) is 0 Å². The Bertz CT molecular complexity index is 853. The highest BCUT2D eigenvalue weighted by molar-refractivity contribution is 8.00. The molecule has 3 atom stereocenters. The molecule has 2 aliphatic heterocycles. The lowest BCUT2D eigenvalue weighted by atomic mass is 9.98. The number of allylic oxidation sites excluding steroid dienone is 1. The van der Waals surface area contributed by atoms with Crippen LogP contribution in [0.15, 0.2) is 24.6 Å². The van der Waals surface area contributed by atoms with Gasteiger partial charge in [-0.2, -0.15) is 11.8 Å². The molecule has 0 radical (unpaired) electrons. The first kappa shape index (κ1) is 54.8. The Hall–Kier alpha value is -1.94. The molecule has 0 saturated carbocycles. The zero-order valence-corrected chi connectivity index (χ0v) is 36.0. The van der Waals surface area contributed by atoms with Crippen LogP contribution in [0.1, 0.15) is 166 Å². The van der Waals surface area contributed by atoms with E-state index in [1.54, 1.807) is 6.92 Å². The third kappa shape index (κ3) is 30.8. The van der Waals surface area contributed by atoms with Gasteiger partial charge in [-0.25, -0.2) is 4.31 Å². The lowest BCUT2D eigenvalue weighted by Crippen LogP contribution is -2.32. The van der Waals surface area contributed by atoms with E-state index < -0.39 is 0 Å². The van der Waals surface area contributed by atoms with Gasteiger partial charge in [0.05, 0.1) is 0 Å². The fraction of sp³-hybridized carbons (Fsp3) is 0.800. The molecule has 2 saturated heterocycles. The number of unbranched alkanes of at least 4 members (excludes halogenated alkanes) is 8. The number of hydrogen-bond donors (Lipinski definition) is 3. The van der Waals surface area contributed by atoms with E-state index >= 15 is 0 Å². The van der Waals surface area contributed by atoms with Gasteiger partial charge < -0.3 is 15.5 Å². The minimum atomic E-state index is -0.198. The van der Waals surface area contributed by atoms with Crippen LogP contribution in [-0.2, 0) is 19.2 Å². The van der Waals surface area contributed by atoms with Crippen molar-refractivity contribution in [2.75, 3.05) is 19.3 Å². The lowest BCUT2D eigenvalue weighted by molar-refractivity contribution is -0.132. The molecule has 4 amide bonds. The Morgan fingerprint density at radius 2 is 1.38 bits per heavy atom. The maximum atomic E-state index is 10.7. The number of imide groups is 1. The molecule has 2 heterocycles. The number of thiol groups is 1. The third-order valence-electron chi connectivity index (χ3n) is 7.83. The molecule has 10 heteroatoms. The molecule has 2 aliphatic rings. The number of carbonyl (C=O) groups excluding carboxylic acids is 4. The molecule has 3 unspecified atom stereocenters. The summed E-state index contributed by atoms with van der Waals surface area (Å²) in [6.45, 7) is 29.8. The summed E-state index contributed by atoms with van der Waals surface area (Å²) >= 11 is 5.72. The number of carbonyl (C=O) groups is 4. The van der Waals surface area contributed by atoms with Crippen molar-refractivity contribution in [2.24, 2.45) is 11.8 Å². The van der Waals surface area contributed by atoms with E-state index in [4.69, 9.17) is 0 Å². The van der Waals surface area contributed by atoms with Crippen LogP contribution in [0.5, 0.6) is 0 Å². The fourth-order valence-corrected chi connectivity index (χ4v) is 6.18. The van der Waals surface area contributed by atoms with Crippen molar-refractivity contribution in [1.82, 2.24) is 19.8 Å². The maximum Gasteiger partial charge on any atom is 0.242 e. The Kier molecular flexibility index (Phi) is 43.7. The van der Waals surface area contributed by atoms with Crippen LogP contribution in [0.3, 0.4) is 0 Å². The first-order valence-corrected chi connectivity index (χ1v) is 20.9. The summed E-state index contributed by atoms with van der Waals surface area (Å²) in [6.07, 6.45) is 19.5. The highest BCUT2D eigenvalue weighted by Gasteiger charge is 2.33. The second-order valence-corrected chi connectivity index (χ2v) is 14.6. The SMILES string of the molecule is C=C1CC(SCCCCCC)C(=C)N1C.CC.CC(C)C(CCCCNC=O)NC=O.CC1CC(=O)N(S)C1=O.CCC.CCCCCCC. The topological polar surface area (TPSA) is 98.8 Å². The van der Waals surface area contributed by atoms with Gasteiger partial charge in [0.25, 0.3) is 0 Å². The quantitative estimate of drug-likeness (QED) is 0.0527. The first-order valence-electron chi connectivity index (χ1n) is 19.5. The van der Waals surface area contributed by atoms with E-state index in [-0.39, 0.29) is 23.8 Å². The average molecular weight is 745 g/mol. The number of likely N-dealkylation sites (tertiary alicyclic amines) is 1. The van der Waals surface area contributed by atoms with Crippen LogP contribution < -0.4 is 10.6 Å². The Morgan fingerprint density at radius 1 is 0.860 bits per heavy atom. The molecular weight excluding hydrogens is 665 g/mol. The van der Waals surface area contributed by atoms with Crippen molar-refractivity contribution in [3.8, 4) is 0 Å². The van der Waals surface area contributed by atoms with E-state index in [1.165, 1.54) is 81.4 Å². The van der Waals surface area contributed by atoms with Crippen LogP contribution in [-0.4, -0.2) is 64.5 Å². The molecule has 8 nitrogen and oxygen atoms in total. The molecule has 0 aromatic heterocycles. The molecule has 50 heavy (non-hydrogen) atoms. The summed E-state index contributed by atoms with van der Waals surface area (Å²) in [5.74, 6) is 1.17. The standard InChI is InChI=1S/C13H23NS.C10H20N2O2.C7H16.C5H7NO2S.C3H8.C2H6/c1-5-6-7-8-9-15-13-10-11(2)14(4)12(13)3;1-9(2)10(12-8-14)5-3-4-6-11-7-13;1-3-5-7-6-4-2;1-3-2-4(7)6(9)5(3)8;1-3-2;1-2/h13H,2-3,5-10H2,1,4H3;7-10H,3-6H2,1-2H3,(H,11,13)(H,12,14);3-7H2,1-2H3;3,9H,2H2,1H3;3H2,1-2H3;1-2H3. The second kappa shape index (κ2) is 39.8. The van der Waals surface area contributed by atoms with E-state index in [2.05, 4.69) is 97.0 Å². The normalized spacial score (nSPS) is 16.7. The zero-order valence-electron chi connectivity index (χ0n) is 34.3. The van der Waals surface area contributed by atoms with E-state index in [9.17, 15) is 19.2 Å². The maximum absolute atomic E-state index is 10.7. The average Bonchev–Trinajstić information content (AvgIpc) is 3.48. The van der Waals surface area contributed by atoms with Crippen LogP contribution >= 0.6 is 24.6 Å². The number of nitrogens with one attached hydrogen (secondary N) is 2. The van der Waals surface area contributed by atoms with Gasteiger partial charge in [0, 0.05) is 55.0 Å². The van der Waals surface area contributed by atoms with Crippen molar-refractivity contribution >= 4 is 49.2 Å². The Balaban J connectivity index is -0.000000279. The number of rotatable bonds is 19. The van der Waals surface area contributed by atoms with Gasteiger partial charge in [0.15, 0.2) is 0 Å². The molecule has 296 valence electrons. The van der Waals surface area contributed by atoms with Gasteiger partial charge in [-0.3, -0.25) is 19.2 Å². The molecular formula is C40H80N4O4S2. The van der Waals surface area contributed by atoms with Crippen LogP contribution in [0.25, 0.3) is 0 Å². The van der Waals surface area contributed by atoms with Crippen molar-refractivity contribution in [3.63, 3.8) is 0 Å². The molecule has 0 aromatic rings. The molecule has 0 spiro atoms. The van der Waals surface area contributed by atoms with E-state index in [1.807, 2.05) is 25.6 Å². The fourth-order valence-electron chi connectivity index (χ4n) is 4.59. The van der Waals surface area contributed by atoms with Gasteiger partial charge in [-0.15, -0.1) is 0 Å². The predicted octanol–water partition coefficient (Wildman–Crippen LogP) is 10.4. The van der Waals surface area contributed by atoms with Crippen LogP contribution in [0.4, 0.5) is 0 Å². The van der Waals surface area contributed by atoms with Gasteiger partial charge in [0.1, 0.15) is 0 Å². The van der Waals surface area contributed by atoms with Crippen LogP contribution in [0.2, 0.25) is 0 Å². The highest BCUT2D eigenvalue weighted by atomic mass is 32.2. The molecule has 2 N–H and O–H groups in total. The first-order chi connectivity index (χ1) is 23.8. The largest absolute Gasteiger partial charge is 0.359 e. The van der Waals surface area contributed by atoms with Gasteiger partial charge in [-0.05, 0) is 37.4 Å². The number of nitrogens with zero attached hydrogens (tertiary/aromatic N) is 2. The summed E-state index contributed by atoms with van der Waals surface area (Å²) < 4.78 is 0.880. The highest BCUT2D eigenvalue weighted by Crippen LogP contribution is 2.35.